The van der Waals surface area contributed by atoms with Gasteiger partial charge in [0.1, 0.15) is 0 Å². The molecule has 0 radical (unpaired) electrons. The molecular formula is C16H34N2. The van der Waals surface area contributed by atoms with Crippen molar-refractivity contribution in [3.8, 4) is 0 Å². The van der Waals surface area contributed by atoms with Gasteiger partial charge in [-0.15, -0.1) is 0 Å². The zero-order valence-corrected chi connectivity index (χ0v) is 13.3. The lowest BCUT2D eigenvalue weighted by molar-refractivity contribution is 0.140. The van der Waals surface area contributed by atoms with Crippen molar-refractivity contribution < 1.29 is 0 Å². The molecule has 1 aliphatic carbocycles. The predicted molar refractivity (Wildman–Crippen MR) is 81.0 cm³/mol. The topological polar surface area (TPSA) is 15.3 Å². The van der Waals surface area contributed by atoms with Gasteiger partial charge in [-0.1, -0.05) is 41.0 Å². The third kappa shape index (κ3) is 5.71. The fourth-order valence-corrected chi connectivity index (χ4v) is 2.89. The van der Waals surface area contributed by atoms with Gasteiger partial charge in [0.05, 0.1) is 0 Å². The van der Waals surface area contributed by atoms with E-state index >= 15 is 0 Å². The molecule has 0 amide bonds. The maximum Gasteiger partial charge on any atom is 0.00966 e. The van der Waals surface area contributed by atoms with Crippen molar-refractivity contribution in [2.45, 2.75) is 78.8 Å². The van der Waals surface area contributed by atoms with Crippen molar-refractivity contribution in [1.29, 1.82) is 0 Å². The van der Waals surface area contributed by atoms with Gasteiger partial charge in [0, 0.05) is 25.2 Å². The molecule has 2 heteroatoms. The van der Waals surface area contributed by atoms with Crippen LogP contribution in [0, 0.1) is 5.41 Å². The average molecular weight is 254 g/mol. The van der Waals surface area contributed by atoms with Crippen LogP contribution in [0.15, 0.2) is 0 Å². The Hall–Kier alpha value is -0.0800. The molecule has 18 heavy (non-hydrogen) atoms. The molecule has 0 heterocycles. The number of nitrogens with zero attached hydrogens (tertiary/aromatic N) is 1. The second-order valence-electron chi connectivity index (χ2n) is 6.80. The van der Waals surface area contributed by atoms with Crippen molar-refractivity contribution in [2.75, 3.05) is 19.6 Å². The number of hydrogen-bond acceptors (Lipinski definition) is 2. The van der Waals surface area contributed by atoms with Crippen LogP contribution < -0.4 is 5.32 Å². The summed E-state index contributed by atoms with van der Waals surface area (Å²) in [6.45, 7) is 15.3. The van der Waals surface area contributed by atoms with Crippen LogP contribution in [0.5, 0.6) is 0 Å². The Labute approximate surface area is 115 Å². The van der Waals surface area contributed by atoms with Gasteiger partial charge in [-0.2, -0.15) is 0 Å². The zero-order valence-electron chi connectivity index (χ0n) is 13.3. The Morgan fingerprint density at radius 3 is 2.33 bits per heavy atom. The van der Waals surface area contributed by atoms with Crippen molar-refractivity contribution in [1.82, 2.24) is 10.2 Å². The molecule has 0 aromatic rings. The van der Waals surface area contributed by atoms with E-state index in [9.17, 15) is 0 Å². The summed E-state index contributed by atoms with van der Waals surface area (Å²) in [7, 11) is 0. The van der Waals surface area contributed by atoms with E-state index in [1.807, 2.05) is 0 Å². The lowest BCUT2D eigenvalue weighted by Crippen LogP contribution is -2.45. The maximum atomic E-state index is 3.65. The van der Waals surface area contributed by atoms with Crippen LogP contribution in [0.3, 0.4) is 0 Å². The fraction of sp³-hybridized carbons (Fsp3) is 1.00. The van der Waals surface area contributed by atoms with E-state index in [2.05, 4.69) is 44.8 Å². The van der Waals surface area contributed by atoms with E-state index in [0.717, 1.165) is 12.6 Å². The molecule has 0 aromatic heterocycles. The molecule has 1 saturated carbocycles. The van der Waals surface area contributed by atoms with Crippen molar-refractivity contribution >= 4 is 0 Å². The first-order valence-corrected chi connectivity index (χ1v) is 7.98. The Balaban J connectivity index is 2.51. The van der Waals surface area contributed by atoms with Crippen molar-refractivity contribution in [3.63, 3.8) is 0 Å². The summed E-state index contributed by atoms with van der Waals surface area (Å²) in [5.74, 6) is 0. The third-order valence-electron chi connectivity index (χ3n) is 3.95. The van der Waals surface area contributed by atoms with E-state index in [1.165, 1.54) is 45.2 Å². The first-order valence-electron chi connectivity index (χ1n) is 7.98. The molecule has 1 atom stereocenters. The minimum Gasteiger partial charge on any atom is -0.314 e. The highest BCUT2D eigenvalue weighted by molar-refractivity contribution is 4.89. The highest BCUT2D eigenvalue weighted by Gasteiger charge is 2.34. The van der Waals surface area contributed by atoms with Crippen LogP contribution in [0.4, 0.5) is 0 Å². The largest absolute Gasteiger partial charge is 0.314 e. The van der Waals surface area contributed by atoms with Crippen LogP contribution in [-0.4, -0.2) is 36.6 Å². The molecule has 1 rings (SSSR count). The highest BCUT2D eigenvalue weighted by Crippen LogP contribution is 2.32. The van der Waals surface area contributed by atoms with Crippen molar-refractivity contribution in [3.05, 3.63) is 0 Å². The summed E-state index contributed by atoms with van der Waals surface area (Å²) in [5, 5.41) is 3.65. The quantitative estimate of drug-likeness (QED) is 0.640. The van der Waals surface area contributed by atoms with Crippen molar-refractivity contribution in [2.24, 2.45) is 5.41 Å². The van der Waals surface area contributed by atoms with E-state index in [-0.39, 0.29) is 0 Å². The summed E-state index contributed by atoms with van der Waals surface area (Å²) < 4.78 is 0. The first-order chi connectivity index (χ1) is 8.50. The number of rotatable bonds is 10. The monoisotopic (exact) mass is 254 g/mol. The molecule has 0 aliphatic heterocycles. The standard InChI is InChI=1S/C16H34N2/c1-6-10-16(5,12-17-14(3)4)13-18(11-7-2)15-8-9-15/h14-15,17H,6-13H2,1-5H3. The van der Waals surface area contributed by atoms with Gasteiger partial charge in [-0.05, 0) is 37.6 Å². The Bertz CT molecular complexity index is 223. The summed E-state index contributed by atoms with van der Waals surface area (Å²) in [4.78, 5) is 2.75. The molecule has 1 aliphatic rings. The van der Waals surface area contributed by atoms with Gasteiger partial charge in [-0.25, -0.2) is 0 Å². The highest BCUT2D eigenvalue weighted by atomic mass is 15.2. The predicted octanol–water partition coefficient (Wildman–Crippen LogP) is 3.67. The Morgan fingerprint density at radius 1 is 1.22 bits per heavy atom. The van der Waals surface area contributed by atoms with E-state index in [4.69, 9.17) is 0 Å². The lowest BCUT2D eigenvalue weighted by Gasteiger charge is -2.36. The summed E-state index contributed by atoms with van der Waals surface area (Å²) >= 11 is 0. The summed E-state index contributed by atoms with van der Waals surface area (Å²) in [5.41, 5.74) is 0.441. The van der Waals surface area contributed by atoms with Gasteiger partial charge >= 0.3 is 0 Å². The van der Waals surface area contributed by atoms with Gasteiger partial charge < -0.3 is 5.32 Å². The summed E-state index contributed by atoms with van der Waals surface area (Å²) in [6.07, 6.45) is 6.77. The average Bonchev–Trinajstić information content (AvgIpc) is 3.10. The first kappa shape index (κ1) is 16.0. The third-order valence-corrected chi connectivity index (χ3v) is 3.95. The smallest absolute Gasteiger partial charge is 0.00966 e. The molecule has 0 bridgehead atoms. The minimum atomic E-state index is 0.441. The van der Waals surface area contributed by atoms with Gasteiger partial charge in [0.15, 0.2) is 0 Å². The normalized spacial score (nSPS) is 19.5. The zero-order chi connectivity index (χ0) is 13.6. The van der Waals surface area contributed by atoms with Gasteiger partial charge in [0.2, 0.25) is 0 Å². The Morgan fingerprint density at radius 2 is 1.89 bits per heavy atom. The second-order valence-corrected chi connectivity index (χ2v) is 6.80. The molecule has 0 aromatic carbocycles. The van der Waals surface area contributed by atoms with Crippen LogP contribution in [0.25, 0.3) is 0 Å². The Kier molecular flexibility index (Phi) is 6.65. The van der Waals surface area contributed by atoms with Gasteiger partial charge in [0.25, 0.3) is 0 Å². The summed E-state index contributed by atoms with van der Waals surface area (Å²) in [6, 6.07) is 1.50. The van der Waals surface area contributed by atoms with Crippen LogP contribution in [-0.2, 0) is 0 Å². The minimum absolute atomic E-state index is 0.441. The number of hydrogen-bond donors (Lipinski definition) is 1. The molecule has 0 spiro atoms. The number of nitrogens with one attached hydrogen (secondary N) is 1. The van der Waals surface area contributed by atoms with E-state index in [1.54, 1.807) is 0 Å². The molecule has 2 nitrogen and oxygen atoms in total. The molecular weight excluding hydrogens is 220 g/mol. The van der Waals surface area contributed by atoms with Crippen LogP contribution >= 0.6 is 0 Å². The lowest BCUT2D eigenvalue weighted by atomic mass is 9.84. The van der Waals surface area contributed by atoms with Crippen LogP contribution in [0.1, 0.15) is 66.7 Å². The molecule has 1 N–H and O–H groups in total. The van der Waals surface area contributed by atoms with Crippen LogP contribution in [0.2, 0.25) is 0 Å². The fourth-order valence-electron chi connectivity index (χ4n) is 2.89. The molecule has 1 fully saturated rings. The van der Waals surface area contributed by atoms with E-state index < -0.39 is 0 Å². The molecule has 0 saturated heterocycles. The SMILES string of the molecule is CCCN(CC(C)(CCC)CNC(C)C)C1CC1. The molecule has 1 unspecified atom stereocenters. The van der Waals surface area contributed by atoms with Gasteiger partial charge in [-0.3, -0.25) is 4.90 Å². The second kappa shape index (κ2) is 7.49. The maximum absolute atomic E-state index is 3.65. The van der Waals surface area contributed by atoms with E-state index in [0.29, 0.717) is 11.5 Å². The molecule has 108 valence electrons.